The zero-order chi connectivity index (χ0) is 17.4. The van der Waals surface area contributed by atoms with Gasteiger partial charge in [0.05, 0.1) is 13.2 Å². The van der Waals surface area contributed by atoms with Gasteiger partial charge in [-0.3, -0.25) is 4.79 Å². The van der Waals surface area contributed by atoms with Crippen LogP contribution in [0.4, 0.5) is 0 Å². The molecular weight excluding hydrogens is 310 g/mol. The van der Waals surface area contributed by atoms with E-state index < -0.39 is 5.97 Å². The van der Waals surface area contributed by atoms with E-state index >= 15 is 0 Å². The van der Waals surface area contributed by atoms with E-state index in [1.54, 1.807) is 12.1 Å². The molecule has 0 saturated heterocycles. The molecule has 1 amide bonds. The lowest BCUT2D eigenvalue weighted by Gasteiger charge is -2.10. The molecule has 1 aliphatic rings. The van der Waals surface area contributed by atoms with Crippen molar-refractivity contribution in [1.29, 1.82) is 0 Å². The van der Waals surface area contributed by atoms with Gasteiger partial charge in [-0.25, -0.2) is 4.79 Å². The quantitative estimate of drug-likeness (QED) is 0.639. The summed E-state index contributed by atoms with van der Waals surface area (Å²) < 4.78 is 16.1. The first-order chi connectivity index (χ1) is 11.6. The Balaban J connectivity index is 1.85. The molecule has 0 radical (unpaired) electrons. The summed E-state index contributed by atoms with van der Waals surface area (Å²) in [6.07, 6.45) is 4.56. The number of carbonyl (C=O) groups excluding carboxylic acids is 2. The van der Waals surface area contributed by atoms with Crippen molar-refractivity contribution in [3.63, 3.8) is 0 Å². The minimum atomic E-state index is -0.568. The molecule has 1 aromatic carbocycles. The molecule has 1 aliphatic heterocycles. The van der Waals surface area contributed by atoms with E-state index in [0.29, 0.717) is 24.7 Å². The lowest BCUT2D eigenvalue weighted by atomic mass is 10.2. The van der Waals surface area contributed by atoms with Crippen LogP contribution in [0.25, 0.3) is 6.08 Å². The maximum Gasteiger partial charge on any atom is 0.331 e. The summed E-state index contributed by atoms with van der Waals surface area (Å²) in [4.78, 5) is 23.2. The topological polar surface area (TPSA) is 73.9 Å². The lowest BCUT2D eigenvalue weighted by molar-refractivity contribution is -0.144. The van der Waals surface area contributed by atoms with Crippen LogP contribution in [0.2, 0.25) is 0 Å². The van der Waals surface area contributed by atoms with Crippen molar-refractivity contribution in [2.75, 3.05) is 19.8 Å². The standard InChI is InChI=1S/C18H23NO5/c1-3-13(2)19-17(20)12-24-18(21)8-6-14-5-7-15-16(11-14)23-10-4-9-22-15/h5-8,11,13H,3-4,9-10,12H2,1-2H3,(H,19,20)/b8-6+/t13-/m1/s1. The van der Waals surface area contributed by atoms with E-state index in [-0.39, 0.29) is 18.6 Å². The smallest absolute Gasteiger partial charge is 0.331 e. The highest BCUT2D eigenvalue weighted by molar-refractivity contribution is 5.89. The van der Waals surface area contributed by atoms with Crippen LogP contribution in [0, 0.1) is 0 Å². The lowest BCUT2D eigenvalue weighted by Crippen LogP contribution is -2.35. The molecule has 24 heavy (non-hydrogen) atoms. The van der Waals surface area contributed by atoms with Gasteiger partial charge < -0.3 is 19.5 Å². The summed E-state index contributed by atoms with van der Waals surface area (Å²) in [6.45, 7) is 4.81. The van der Waals surface area contributed by atoms with Gasteiger partial charge in [-0.05, 0) is 37.1 Å². The zero-order valence-corrected chi connectivity index (χ0v) is 14.0. The number of hydrogen-bond donors (Lipinski definition) is 1. The Morgan fingerprint density at radius 2 is 2.04 bits per heavy atom. The molecule has 130 valence electrons. The van der Waals surface area contributed by atoms with Crippen molar-refractivity contribution in [3.8, 4) is 11.5 Å². The minimum absolute atomic E-state index is 0.0635. The Bertz CT molecular complexity index is 611. The molecule has 0 spiro atoms. The van der Waals surface area contributed by atoms with Gasteiger partial charge in [0.15, 0.2) is 18.1 Å². The molecule has 1 heterocycles. The second kappa shape index (κ2) is 8.96. The van der Waals surface area contributed by atoms with Crippen LogP contribution < -0.4 is 14.8 Å². The van der Waals surface area contributed by atoms with Crippen LogP contribution in [-0.2, 0) is 14.3 Å². The summed E-state index contributed by atoms with van der Waals surface area (Å²) in [6, 6.07) is 5.51. The Kier molecular flexibility index (Phi) is 6.66. The van der Waals surface area contributed by atoms with Gasteiger partial charge in [0, 0.05) is 18.5 Å². The third kappa shape index (κ3) is 5.61. The Labute approximate surface area is 141 Å². The Morgan fingerprint density at radius 1 is 1.29 bits per heavy atom. The van der Waals surface area contributed by atoms with E-state index in [2.05, 4.69) is 5.32 Å². The van der Waals surface area contributed by atoms with Gasteiger partial charge >= 0.3 is 5.97 Å². The van der Waals surface area contributed by atoms with E-state index in [1.165, 1.54) is 6.08 Å². The summed E-state index contributed by atoms with van der Waals surface area (Å²) >= 11 is 0. The number of hydrogen-bond acceptors (Lipinski definition) is 5. The van der Waals surface area contributed by atoms with Crippen molar-refractivity contribution in [2.45, 2.75) is 32.7 Å². The third-order valence-electron chi connectivity index (χ3n) is 3.55. The van der Waals surface area contributed by atoms with Crippen molar-refractivity contribution in [1.82, 2.24) is 5.32 Å². The highest BCUT2D eigenvalue weighted by Crippen LogP contribution is 2.30. The first-order valence-electron chi connectivity index (χ1n) is 8.12. The number of benzene rings is 1. The third-order valence-corrected chi connectivity index (χ3v) is 3.55. The van der Waals surface area contributed by atoms with Gasteiger partial charge in [-0.2, -0.15) is 0 Å². The van der Waals surface area contributed by atoms with Crippen LogP contribution >= 0.6 is 0 Å². The van der Waals surface area contributed by atoms with Crippen LogP contribution in [0.15, 0.2) is 24.3 Å². The van der Waals surface area contributed by atoms with Crippen molar-refractivity contribution in [3.05, 3.63) is 29.8 Å². The molecule has 0 aromatic heterocycles. The molecule has 0 saturated carbocycles. The van der Waals surface area contributed by atoms with E-state index in [1.807, 2.05) is 26.0 Å². The summed E-state index contributed by atoms with van der Waals surface area (Å²) in [5, 5.41) is 2.73. The summed E-state index contributed by atoms with van der Waals surface area (Å²) in [5.74, 6) is 0.494. The van der Waals surface area contributed by atoms with Crippen molar-refractivity contribution < 1.29 is 23.8 Å². The number of carbonyl (C=O) groups is 2. The average Bonchev–Trinajstić information content (AvgIpc) is 2.82. The van der Waals surface area contributed by atoms with E-state index in [0.717, 1.165) is 18.4 Å². The predicted octanol–water partition coefficient (Wildman–Crippen LogP) is 2.32. The molecule has 0 fully saturated rings. The maximum absolute atomic E-state index is 11.7. The van der Waals surface area contributed by atoms with Crippen LogP contribution in [0.3, 0.4) is 0 Å². The van der Waals surface area contributed by atoms with Gasteiger partial charge in [-0.1, -0.05) is 13.0 Å². The molecule has 1 aromatic rings. The monoisotopic (exact) mass is 333 g/mol. The second-order valence-corrected chi connectivity index (χ2v) is 5.57. The molecule has 6 nitrogen and oxygen atoms in total. The van der Waals surface area contributed by atoms with Crippen LogP contribution in [0.1, 0.15) is 32.3 Å². The Morgan fingerprint density at radius 3 is 2.79 bits per heavy atom. The van der Waals surface area contributed by atoms with Gasteiger partial charge in [0.1, 0.15) is 0 Å². The first-order valence-corrected chi connectivity index (χ1v) is 8.12. The molecule has 0 unspecified atom stereocenters. The fourth-order valence-electron chi connectivity index (χ4n) is 2.05. The van der Waals surface area contributed by atoms with Gasteiger partial charge in [0.2, 0.25) is 0 Å². The summed E-state index contributed by atoms with van der Waals surface area (Å²) in [5.41, 5.74) is 0.792. The normalized spacial score (nSPS) is 14.8. The zero-order valence-electron chi connectivity index (χ0n) is 14.0. The van der Waals surface area contributed by atoms with Gasteiger partial charge in [0.25, 0.3) is 5.91 Å². The van der Waals surface area contributed by atoms with E-state index in [9.17, 15) is 9.59 Å². The number of ether oxygens (including phenoxy) is 3. The van der Waals surface area contributed by atoms with Crippen molar-refractivity contribution in [2.24, 2.45) is 0 Å². The predicted molar refractivity (Wildman–Crippen MR) is 89.9 cm³/mol. The molecule has 1 N–H and O–H groups in total. The molecule has 2 rings (SSSR count). The highest BCUT2D eigenvalue weighted by atomic mass is 16.5. The Hall–Kier alpha value is -2.50. The summed E-state index contributed by atoms with van der Waals surface area (Å²) in [7, 11) is 0. The number of esters is 1. The average molecular weight is 333 g/mol. The maximum atomic E-state index is 11.7. The van der Waals surface area contributed by atoms with Crippen LogP contribution in [0.5, 0.6) is 11.5 Å². The van der Waals surface area contributed by atoms with Gasteiger partial charge in [-0.15, -0.1) is 0 Å². The number of amides is 1. The number of rotatable bonds is 6. The fourth-order valence-corrected chi connectivity index (χ4v) is 2.05. The number of fused-ring (bicyclic) bond motifs is 1. The highest BCUT2D eigenvalue weighted by Gasteiger charge is 2.10. The molecule has 0 aliphatic carbocycles. The molecule has 6 heteroatoms. The minimum Gasteiger partial charge on any atom is -0.490 e. The molecular formula is C18H23NO5. The van der Waals surface area contributed by atoms with Crippen LogP contribution in [-0.4, -0.2) is 37.7 Å². The van der Waals surface area contributed by atoms with Crippen molar-refractivity contribution >= 4 is 18.0 Å². The first kappa shape index (κ1) is 17.8. The number of nitrogens with one attached hydrogen (secondary N) is 1. The van der Waals surface area contributed by atoms with E-state index in [4.69, 9.17) is 14.2 Å². The second-order valence-electron chi connectivity index (χ2n) is 5.57. The fraction of sp³-hybridized carbons (Fsp3) is 0.444. The molecule has 0 bridgehead atoms. The largest absolute Gasteiger partial charge is 0.490 e. The SMILES string of the molecule is CC[C@@H](C)NC(=O)COC(=O)/C=C/c1ccc2c(c1)OCCCO2. The molecule has 1 atom stereocenters.